The first-order valence-corrected chi connectivity index (χ1v) is 11.1. The maximum absolute atomic E-state index is 12.3. The fraction of sp³-hybridized carbons (Fsp3) is 0.150. The lowest BCUT2D eigenvalue weighted by molar-refractivity contribution is 0.0950. The van der Waals surface area contributed by atoms with Crippen molar-refractivity contribution in [1.82, 2.24) is 15.3 Å². The molecule has 2 aromatic heterocycles. The van der Waals surface area contributed by atoms with Crippen molar-refractivity contribution in [2.24, 2.45) is 0 Å². The predicted molar refractivity (Wildman–Crippen MR) is 114 cm³/mol. The molecule has 27 heavy (non-hydrogen) atoms. The highest BCUT2D eigenvalue weighted by molar-refractivity contribution is 8.00. The molecule has 0 radical (unpaired) electrons. The molecule has 0 fully saturated rings. The highest BCUT2D eigenvalue weighted by Gasteiger charge is 2.08. The smallest absolute Gasteiger partial charge is 0.251 e. The largest absolute Gasteiger partial charge is 0.346 e. The lowest BCUT2D eigenvalue weighted by atomic mass is 10.1. The molecule has 4 aromatic rings. The first-order chi connectivity index (χ1) is 13.2. The third-order valence-corrected chi connectivity index (χ3v) is 7.02. The molecule has 0 unspecified atom stereocenters. The Hall–Kier alpha value is -2.22. The molecule has 7 heteroatoms. The van der Waals surface area contributed by atoms with Crippen molar-refractivity contribution in [2.75, 3.05) is 0 Å². The molecule has 4 nitrogen and oxygen atoms in total. The molecule has 2 heterocycles. The summed E-state index contributed by atoms with van der Waals surface area (Å²) >= 11 is 5.03. The summed E-state index contributed by atoms with van der Waals surface area (Å²) in [7, 11) is 0. The summed E-state index contributed by atoms with van der Waals surface area (Å²) in [6.07, 6.45) is 0. The van der Waals surface area contributed by atoms with Crippen molar-refractivity contribution in [3.05, 3.63) is 75.7 Å². The van der Waals surface area contributed by atoms with Crippen LogP contribution in [-0.2, 0) is 12.3 Å². The van der Waals surface area contributed by atoms with E-state index in [1.165, 1.54) is 10.3 Å². The zero-order valence-electron chi connectivity index (χ0n) is 14.6. The summed E-state index contributed by atoms with van der Waals surface area (Å²) in [6, 6.07) is 15.9. The number of hydrogen-bond donors (Lipinski definition) is 1. The number of nitrogens with one attached hydrogen (secondary N) is 1. The molecule has 0 atom stereocenters. The van der Waals surface area contributed by atoms with Crippen LogP contribution in [0.2, 0.25) is 0 Å². The Morgan fingerprint density at radius 1 is 1.11 bits per heavy atom. The first-order valence-electron chi connectivity index (χ1n) is 8.44. The minimum atomic E-state index is -0.0778. The maximum Gasteiger partial charge on any atom is 0.251 e. The third kappa shape index (κ3) is 4.55. The molecule has 1 amide bonds. The molecular formula is C20H17N3OS3. The van der Waals surface area contributed by atoms with Crippen LogP contribution in [0.3, 0.4) is 0 Å². The number of carbonyl (C=O) groups is 1. The summed E-state index contributed by atoms with van der Waals surface area (Å²) in [5.41, 5.74) is 3.78. The Kier molecular flexibility index (Phi) is 5.52. The molecule has 0 aliphatic rings. The summed E-state index contributed by atoms with van der Waals surface area (Å²) < 4.78 is 2.28. The van der Waals surface area contributed by atoms with Crippen LogP contribution in [0.5, 0.6) is 0 Å². The van der Waals surface area contributed by atoms with Gasteiger partial charge in [0.2, 0.25) is 0 Å². The lowest BCUT2D eigenvalue weighted by Gasteiger charge is -2.05. The van der Waals surface area contributed by atoms with Gasteiger partial charge in [-0.05, 0) is 36.8 Å². The minimum Gasteiger partial charge on any atom is -0.346 e. The van der Waals surface area contributed by atoms with Crippen molar-refractivity contribution < 1.29 is 4.79 Å². The molecule has 0 aliphatic heterocycles. The van der Waals surface area contributed by atoms with Crippen LogP contribution in [0, 0.1) is 6.92 Å². The van der Waals surface area contributed by atoms with E-state index < -0.39 is 0 Å². The number of amides is 1. The number of thiazole rings is 2. The number of aryl methyl sites for hydroxylation is 1. The standard InChI is InChI=1S/C20H17N3OS3/c1-13-22-16(12-25-13)10-21-19(24)15-8-6-14(7-9-15)11-26-20-23-17-4-2-3-5-18(17)27-20/h2-9,12H,10-11H2,1H3,(H,21,24). The van der Waals surface area contributed by atoms with E-state index in [9.17, 15) is 4.79 Å². The van der Waals surface area contributed by atoms with Crippen LogP contribution in [0.1, 0.15) is 26.6 Å². The van der Waals surface area contributed by atoms with Gasteiger partial charge < -0.3 is 5.32 Å². The molecule has 2 aromatic carbocycles. The van der Waals surface area contributed by atoms with Gasteiger partial charge in [0.25, 0.3) is 5.91 Å². The van der Waals surface area contributed by atoms with Crippen molar-refractivity contribution >= 4 is 50.6 Å². The van der Waals surface area contributed by atoms with E-state index >= 15 is 0 Å². The fourth-order valence-electron chi connectivity index (χ4n) is 2.57. The SMILES string of the molecule is Cc1nc(CNC(=O)c2ccc(CSc3nc4ccccc4s3)cc2)cs1. The van der Waals surface area contributed by atoms with E-state index in [0.717, 1.165) is 26.3 Å². The topological polar surface area (TPSA) is 54.9 Å². The van der Waals surface area contributed by atoms with Gasteiger partial charge in [-0.15, -0.1) is 22.7 Å². The monoisotopic (exact) mass is 411 g/mol. The lowest BCUT2D eigenvalue weighted by Crippen LogP contribution is -2.22. The number of rotatable bonds is 6. The number of benzene rings is 2. The number of fused-ring (bicyclic) bond motifs is 1. The molecule has 0 bridgehead atoms. The first kappa shape index (κ1) is 18.2. The number of para-hydroxylation sites is 1. The molecule has 4 rings (SSSR count). The average Bonchev–Trinajstić information content (AvgIpc) is 3.30. The Bertz CT molecular complexity index is 1040. The normalized spacial score (nSPS) is 11.0. The van der Waals surface area contributed by atoms with Gasteiger partial charge in [-0.3, -0.25) is 4.79 Å². The van der Waals surface area contributed by atoms with Crippen molar-refractivity contribution in [1.29, 1.82) is 0 Å². The van der Waals surface area contributed by atoms with Gasteiger partial charge in [0.05, 0.1) is 27.5 Å². The number of nitrogens with zero attached hydrogens (tertiary/aromatic N) is 2. The van der Waals surface area contributed by atoms with Gasteiger partial charge in [-0.25, -0.2) is 9.97 Å². The van der Waals surface area contributed by atoms with Gasteiger partial charge in [0, 0.05) is 16.7 Å². The van der Waals surface area contributed by atoms with Gasteiger partial charge in [0.1, 0.15) is 0 Å². The zero-order valence-corrected chi connectivity index (χ0v) is 17.1. The number of thioether (sulfide) groups is 1. The van der Waals surface area contributed by atoms with Crippen LogP contribution >= 0.6 is 34.4 Å². The quantitative estimate of drug-likeness (QED) is 0.438. The Labute approximate surface area is 169 Å². The van der Waals surface area contributed by atoms with Crippen LogP contribution < -0.4 is 5.32 Å². The molecule has 0 saturated heterocycles. The molecule has 0 spiro atoms. The van der Waals surface area contributed by atoms with E-state index in [1.54, 1.807) is 34.4 Å². The number of aromatic nitrogens is 2. The second kappa shape index (κ2) is 8.21. The third-order valence-electron chi connectivity index (χ3n) is 3.95. The van der Waals surface area contributed by atoms with E-state index in [-0.39, 0.29) is 5.91 Å². The highest BCUT2D eigenvalue weighted by Crippen LogP contribution is 2.31. The summed E-state index contributed by atoms with van der Waals surface area (Å²) in [4.78, 5) is 21.3. The Morgan fingerprint density at radius 2 is 1.93 bits per heavy atom. The van der Waals surface area contributed by atoms with Gasteiger partial charge in [-0.1, -0.05) is 36.0 Å². The maximum atomic E-state index is 12.3. The van der Waals surface area contributed by atoms with E-state index in [0.29, 0.717) is 12.1 Å². The summed E-state index contributed by atoms with van der Waals surface area (Å²) in [6.45, 7) is 2.42. The van der Waals surface area contributed by atoms with E-state index in [4.69, 9.17) is 0 Å². The van der Waals surface area contributed by atoms with Crippen molar-refractivity contribution in [2.45, 2.75) is 23.6 Å². The van der Waals surface area contributed by atoms with Crippen molar-refractivity contribution in [3.63, 3.8) is 0 Å². The zero-order chi connectivity index (χ0) is 18.6. The predicted octanol–water partition coefficient (Wildman–Crippen LogP) is 5.28. The van der Waals surface area contributed by atoms with Gasteiger partial charge in [-0.2, -0.15) is 0 Å². The summed E-state index contributed by atoms with van der Waals surface area (Å²) in [5.74, 6) is 0.755. The average molecular weight is 412 g/mol. The number of carbonyl (C=O) groups excluding carboxylic acids is 1. The Morgan fingerprint density at radius 3 is 2.67 bits per heavy atom. The van der Waals surface area contributed by atoms with Crippen LogP contribution in [0.4, 0.5) is 0 Å². The van der Waals surface area contributed by atoms with Gasteiger partial charge in [0.15, 0.2) is 4.34 Å². The Balaban J connectivity index is 1.33. The molecule has 0 saturated carbocycles. The van der Waals surface area contributed by atoms with Crippen molar-refractivity contribution in [3.8, 4) is 0 Å². The second-order valence-corrected chi connectivity index (χ2v) is 9.29. The second-order valence-electron chi connectivity index (χ2n) is 5.97. The summed E-state index contributed by atoms with van der Waals surface area (Å²) in [5, 5.41) is 5.89. The molecule has 0 aliphatic carbocycles. The van der Waals surface area contributed by atoms with Crippen LogP contribution in [0.25, 0.3) is 10.2 Å². The molecule has 1 N–H and O–H groups in total. The minimum absolute atomic E-state index is 0.0778. The van der Waals surface area contributed by atoms with Crippen LogP contribution in [-0.4, -0.2) is 15.9 Å². The van der Waals surface area contributed by atoms with E-state index in [2.05, 4.69) is 21.4 Å². The molecular weight excluding hydrogens is 394 g/mol. The van der Waals surface area contributed by atoms with E-state index in [1.807, 2.05) is 54.8 Å². The fourth-order valence-corrected chi connectivity index (χ4v) is 5.21. The highest BCUT2D eigenvalue weighted by atomic mass is 32.2. The number of hydrogen-bond acceptors (Lipinski definition) is 6. The van der Waals surface area contributed by atoms with Gasteiger partial charge >= 0.3 is 0 Å². The molecule has 136 valence electrons. The van der Waals surface area contributed by atoms with Crippen LogP contribution in [0.15, 0.2) is 58.3 Å².